The molecule has 0 saturated carbocycles. The van der Waals surface area contributed by atoms with Crippen LogP contribution >= 0.6 is 0 Å². The van der Waals surface area contributed by atoms with Crippen molar-refractivity contribution >= 4 is 11.5 Å². The SMILES string of the molecule is CN(O)C(=N)C1Cc2ccccc2N1. The number of nitrogens with one attached hydrogen (secondary N) is 2. The summed E-state index contributed by atoms with van der Waals surface area (Å²) in [6, 6.07) is 7.85. The molecule has 0 saturated heterocycles. The Morgan fingerprint density at radius 2 is 2.29 bits per heavy atom. The van der Waals surface area contributed by atoms with E-state index < -0.39 is 0 Å². The predicted octanol–water partition coefficient (Wildman–Crippen LogP) is 1.32. The first-order chi connectivity index (χ1) is 6.68. The van der Waals surface area contributed by atoms with Gasteiger partial charge in [-0.15, -0.1) is 0 Å². The molecule has 0 aromatic heterocycles. The Morgan fingerprint density at radius 1 is 1.57 bits per heavy atom. The average Bonchev–Trinajstić information content (AvgIpc) is 2.59. The highest BCUT2D eigenvalue weighted by Crippen LogP contribution is 2.25. The maximum absolute atomic E-state index is 9.13. The van der Waals surface area contributed by atoms with Gasteiger partial charge in [0.25, 0.3) is 0 Å². The van der Waals surface area contributed by atoms with Crippen molar-refractivity contribution < 1.29 is 5.21 Å². The molecule has 1 unspecified atom stereocenters. The van der Waals surface area contributed by atoms with E-state index in [0.29, 0.717) is 0 Å². The maximum atomic E-state index is 9.13. The molecule has 0 radical (unpaired) electrons. The summed E-state index contributed by atoms with van der Waals surface area (Å²) >= 11 is 0. The molecule has 74 valence electrons. The molecule has 14 heavy (non-hydrogen) atoms. The minimum Gasteiger partial charge on any atom is -0.375 e. The number of anilines is 1. The molecule has 0 spiro atoms. The molecule has 4 heteroatoms. The van der Waals surface area contributed by atoms with Crippen LogP contribution < -0.4 is 5.32 Å². The zero-order valence-corrected chi connectivity index (χ0v) is 7.99. The molecule has 0 fully saturated rings. The highest BCUT2D eigenvalue weighted by atomic mass is 16.5. The molecule has 1 aromatic rings. The lowest BCUT2D eigenvalue weighted by Gasteiger charge is -2.17. The Labute approximate surface area is 82.6 Å². The summed E-state index contributed by atoms with van der Waals surface area (Å²) < 4.78 is 0. The van der Waals surface area contributed by atoms with Gasteiger partial charge in [0.15, 0.2) is 0 Å². The molecular formula is C10H13N3O. The number of rotatable bonds is 1. The fourth-order valence-electron chi connectivity index (χ4n) is 1.69. The van der Waals surface area contributed by atoms with Gasteiger partial charge in [0.2, 0.25) is 0 Å². The Kier molecular flexibility index (Phi) is 2.13. The summed E-state index contributed by atoms with van der Waals surface area (Å²) in [6.07, 6.45) is 0.764. The van der Waals surface area contributed by atoms with E-state index in [1.54, 1.807) is 0 Å². The highest BCUT2D eigenvalue weighted by Gasteiger charge is 2.25. The van der Waals surface area contributed by atoms with Crippen molar-refractivity contribution in [1.82, 2.24) is 5.06 Å². The van der Waals surface area contributed by atoms with Gasteiger partial charge in [-0.05, 0) is 11.6 Å². The number of para-hydroxylation sites is 1. The van der Waals surface area contributed by atoms with Crippen molar-refractivity contribution in [3.05, 3.63) is 29.8 Å². The number of hydrogen-bond acceptors (Lipinski definition) is 3. The summed E-state index contributed by atoms with van der Waals surface area (Å²) in [4.78, 5) is 0. The number of fused-ring (bicyclic) bond motifs is 1. The molecule has 3 N–H and O–H groups in total. The minimum absolute atomic E-state index is 0.109. The molecule has 1 aliphatic heterocycles. The Balaban J connectivity index is 2.16. The van der Waals surface area contributed by atoms with E-state index in [1.165, 1.54) is 12.6 Å². The van der Waals surface area contributed by atoms with Crippen LogP contribution in [0.4, 0.5) is 5.69 Å². The largest absolute Gasteiger partial charge is 0.375 e. The third-order valence-electron chi connectivity index (χ3n) is 2.45. The molecule has 0 bridgehead atoms. The van der Waals surface area contributed by atoms with Gasteiger partial charge in [0.05, 0.1) is 6.04 Å². The molecule has 0 aliphatic carbocycles. The number of hydroxylamine groups is 2. The van der Waals surface area contributed by atoms with E-state index in [1.807, 2.05) is 24.3 Å². The topological polar surface area (TPSA) is 59.4 Å². The van der Waals surface area contributed by atoms with Crippen molar-refractivity contribution in [2.75, 3.05) is 12.4 Å². The van der Waals surface area contributed by atoms with Crippen molar-refractivity contribution in [3.8, 4) is 0 Å². The minimum atomic E-state index is -0.109. The van der Waals surface area contributed by atoms with E-state index in [2.05, 4.69) is 5.32 Å². The zero-order valence-electron chi connectivity index (χ0n) is 7.99. The average molecular weight is 191 g/mol. The first-order valence-corrected chi connectivity index (χ1v) is 4.54. The molecule has 1 heterocycles. The Morgan fingerprint density at radius 3 is 2.93 bits per heavy atom. The van der Waals surface area contributed by atoms with Crippen molar-refractivity contribution in [2.45, 2.75) is 12.5 Å². The second kappa shape index (κ2) is 3.31. The van der Waals surface area contributed by atoms with Gasteiger partial charge < -0.3 is 5.32 Å². The Hall–Kier alpha value is -1.55. The first-order valence-electron chi connectivity index (χ1n) is 4.54. The van der Waals surface area contributed by atoms with Crippen molar-refractivity contribution in [1.29, 1.82) is 5.41 Å². The number of amidine groups is 1. The summed E-state index contributed by atoms with van der Waals surface area (Å²) in [6.45, 7) is 0. The summed E-state index contributed by atoms with van der Waals surface area (Å²) in [5, 5.41) is 20.8. The van der Waals surface area contributed by atoms with Crippen molar-refractivity contribution in [2.24, 2.45) is 0 Å². The van der Waals surface area contributed by atoms with Gasteiger partial charge in [-0.25, -0.2) is 5.06 Å². The number of benzene rings is 1. The number of hydrogen-bond donors (Lipinski definition) is 3. The van der Waals surface area contributed by atoms with Crippen LogP contribution in [0.3, 0.4) is 0 Å². The Bertz CT molecular complexity index is 337. The molecule has 1 aliphatic rings. The predicted molar refractivity (Wildman–Crippen MR) is 54.8 cm³/mol. The third kappa shape index (κ3) is 1.44. The maximum Gasteiger partial charge on any atom is 0.143 e. The molecule has 1 aromatic carbocycles. The zero-order chi connectivity index (χ0) is 10.1. The van der Waals surface area contributed by atoms with Crippen LogP contribution in [-0.4, -0.2) is 29.2 Å². The molecule has 1 atom stereocenters. The molecule has 0 amide bonds. The van der Waals surface area contributed by atoms with Gasteiger partial charge in [-0.1, -0.05) is 18.2 Å². The molecule has 4 nitrogen and oxygen atoms in total. The lowest BCUT2D eigenvalue weighted by atomic mass is 10.1. The van der Waals surface area contributed by atoms with Crippen LogP contribution in [0.5, 0.6) is 0 Å². The van der Waals surface area contributed by atoms with E-state index in [9.17, 15) is 0 Å². The van der Waals surface area contributed by atoms with Gasteiger partial charge in [0.1, 0.15) is 5.84 Å². The number of likely N-dealkylation sites (N-methyl/N-ethyl adjacent to an activating group) is 1. The van der Waals surface area contributed by atoms with E-state index in [0.717, 1.165) is 17.2 Å². The number of nitrogens with zero attached hydrogens (tertiary/aromatic N) is 1. The van der Waals surface area contributed by atoms with Crippen LogP contribution in [-0.2, 0) is 6.42 Å². The molecule has 2 rings (SSSR count). The van der Waals surface area contributed by atoms with Crippen LogP contribution in [0.25, 0.3) is 0 Å². The standard InChI is InChI=1S/C10H13N3O/c1-13(14)10(11)9-6-7-4-2-3-5-8(7)12-9/h2-5,9,11-12,14H,6H2,1H3. The second-order valence-electron chi connectivity index (χ2n) is 3.47. The monoisotopic (exact) mass is 191 g/mol. The third-order valence-corrected chi connectivity index (χ3v) is 2.45. The first kappa shape index (κ1) is 9.02. The van der Waals surface area contributed by atoms with Crippen LogP contribution in [0.2, 0.25) is 0 Å². The smallest absolute Gasteiger partial charge is 0.143 e. The lowest BCUT2D eigenvalue weighted by Crippen LogP contribution is -2.37. The van der Waals surface area contributed by atoms with Crippen LogP contribution in [0.15, 0.2) is 24.3 Å². The van der Waals surface area contributed by atoms with Crippen LogP contribution in [0.1, 0.15) is 5.56 Å². The van der Waals surface area contributed by atoms with Gasteiger partial charge >= 0.3 is 0 Å². The molecular weight excluding hydrogens is 178 g/mol. The van der Waals surface area contributed by atoms with E-state index >= 15 is 0 Å². The van der Waals surface area contributed by atoms with E-state index in [4.69, 9.17) is 10.6 Å². The summed E-state index contributed by atoms with van der Waals surface area (Å²) in [5.41, 5.74) is 2.26. The van der Waals surface area contributed by atoms with E-state index in [-0.39, 0.29) is 11.9 Å². The second-order valence-corrected chi connectivity index (χ2v) is 3.47. The normalized spacial score (nSPS) is 18.6. The highest BCUT2D eigenvalue weighted by molar-refractivity contribution is 5.88. The van der Waals surface area contributed by atoms with Crippen LogP contribution in [0, 0.1) is 5.41 Å². The van der Waals surface area contributed by atoms with Gasteiger partial charge in [-0.2, -0.15) is 0 Å². The fourth-order valence-corrected chi connectivity index (χ4v) is 1.69. The fraction of sp³-hybridized carbons (Fsp3) is 0.300. The van der Waals surface area contributed by atoms with Gasteiger partial charge in [-0.3, -0.25) is 10.6 Å². The quantitative estimate of drug-likeness (QED) is 0.356. The lowest BCUT2D eigenvalue weighted by molar-refractivity contribution is 0.00941. The summed E-state index contributed by atoms with van der Waals surface area (Å²) in [7, 11) is 1.47. The summed E-state index contributed by atoms with van der Waals surface area (Å²) in [5.74, 6) is 0.196. The van der Waals surface area contributed by atoms with Crippen molar-refractivity contribution in [3.63, 3.8) is 0 Å². The van der Waals surface area contributed by atoms with Gasteiger partial charge in [0, 0.05) is 19.2 Å².